The van der Waals surface area contributed by atoms with Gasteiger partial charge < -0.3 is 5.32 Å². The first-order valence-electron chi connectivity index (χ1n) is 8.38. The second kappa shape index (κ2) is 10.00. The number of allylic oxidation sites excluding steroid dienone is 1. The summed E-state index contributed by atoms with van der Waals surface area (Å²) in [4.78, 5) is 12.1. The lowest BCUT2D eigenvalue weighted by atomic mass is 10.2. The van der Waals surface area contributed by atoms with Gasteiger partial charge in [0.15, 0.2) is 11.0 Å². The van der Waals surface area contributed by atoms with Crippen molar-refractivity contribution in [3.8, 4) is 11.4 Å². The van der Waals surface area contributed by atoms with Crippen LogP contribution < -0.4 is 5.32 Å². The molecule has 0 saturated heterocycles. The van der Waals surface area contributed by atoms with E-state index in [9.17, 15) is 4.79 Å². The number of aromatic nitrogens is 3. The summed E-state index contributed by atoms with van der Waals surface area (Å²) >= 11 is 13.6. The molecule has 140 valence electrons. The van der Waals surface area contributed by atoms with E-state index in [-0.39, 0.29) is 17.7 Å². The third-order valence-corrected chi connectivity index (χ3v) is 5.18. The minimum absolute atomic E-state index is 0.0184. The highest BCUT2D eigenvalue weighted by Crippen LogP contribution is 2.31. The van der Waals surface area contributed by atoms with Crippen LogP contribution in [0.25, 0.3) is 11.4 Å². The van der Waals surface area contributed by atoms with E-state index in [4.69, 9.17) is 23.2 Å². The largest absolute Gasteiger partial charge is 0.353 e. The third-order valence-electron chi connectivity index (χ3n) is 3.66. The molecule has 1 N–H and O–H groups in total. The molecule has 8 heteroatoms. The molecule has 1 amide bonds. The van der Waals surface area contributed by atoms with Gasteiger partial charge in [0, 0.05) is 23.2 Å². The first-order chi connectivity index (χ1) is 12.5. The standard InChI is InChI=1S/C18H22Cl2N4OS/c1-4-6-12(3)21-16(25)11-26-18-23-22-17(24(18)9-5-2)14-8-7-13(19)10-15(14)20/h5,7-8,10,12H,2,4,6,9,11H2,1,3H3,(H,21,25)/t12-/m1/s1. The van der Waals surface area contributed by atoms with Gasteiger partial charge in [0.05, 0.1) is 10.8 Å². The van der Waals surface area contributed by atoms with Crippen LogP contribution in [0.2, 0.25) is 10.0 Å². The molecule has 1 heterocycles. The first-order valence-corrected chi connectivity index (χ1v) is 10.1. The number of rotatable bonds is 9. The van der Waals surface area contributed by atoms with Crippen molar-refractivity contribution in [3.63, 3.8) is 0 Å². The van der Waals surface area contributed by atoms with Crippen molar-refractivity contribution < 1.29 is 4.79 Å². The average Bonchev–Trinajstić information content (AvgIpc) is 2.96. The topological polar surface area (TPSA) is 59.8 Å². The van der Waals surface area contributed by atoms with Gasteiger partial charge >= 0.3 is 0 Å². The van der Waals surface area contributed by atoms with Crippen LogP contribution >= 0.6 is 35.0 Å². The molecular formula is C18H22Cl2N4OS. The molecule has 0 aliphatic rings. The normalized spacial score (nSPS) is 12.0. The molecule has 0 radical (unpaired) electrons. The van der Waals surface area contributed by atoms with E-state index in [1.165, 1.54) is 11.8 Å². The Kier molecular flexibility index (Phi) is 8.00. The fraction of sp³-hybridized carbons (Fsp3) is 0.389. The van der Waals surface area contributed by atoms with Crippen LogP contribution in [0.15, 0.2) is 36.0 Å². The number of carbonyl (C=O) groups is 1. The molecule has 2 rings (SSSR count). The zero-order chi connectivity index (χ0) is 19.1. The van der Waals surface area contributed by atoms with Gasteiger partial charge in [-0.1, -0.05) is 54.4 Å². The molecule has 0 aliphatic carbocycles. The number of benzene rings is 1. The van der Waals surface area contributed by atoms with Gasteiger partial charge in [-0.05, 0) is 31.5 Å². The Morgan fingerprint density at radius 3 is 2.85 bits per heavy atom. The maximum absolute atomic E-state index is 12.1. The van der Waals surface area contributed by atoms with Gasteiger partial charge in [-0.3, -0.25) is 9.36 Å². The van der Waals surface area contributed by atoms with E-state index >= 15 is 0 Å². The lowest BCUT2D eigenvalue weighted by molar-refractivity contribution is -0.119. The molecule has 0 saturated carbocycles. The molecule has 0 unspecified atom stereocenters. The molecule has 1 aromatic heterocycles. The predicted molar refractivity (Wildman–Crippen MR) is 109 cm³/mol. The van der Waals surface area contributed by atoms with Gasteiger partial charge in [-0.15, -0.1) is 16.8 Å². The summed E-state index contributed by atoms with van der Waals surface area (Å²) < 4.78 is 1.88. The molecule has 1 atom stereocenters. The Bertz CT molecular complexity index is 779. The smallest absolute Gasteiger partial charge is 0.230 e. The van der Waals surface area contributed by atoms with E-state index in [1.807, 2.05) is 17.6 Å². The van der Waals surface area contributed by atoms with Crippen LogP contribution in [0.4, 0.5) is 0 Å². The summed E-state index contributed by atoms with van der Waals surface area (Å²) in [6.45, 7) is 8.40. The van der Waals surface area contributed by atoms with Crippen molar-refractivity contribution in [2.75, 3.05) is 5.75 Å². The third kappa shape index (κ3) is 5.50. The fourth-order valence-electron chi connectivity index (χ4n) is 2.51. The molecule has 2 aromatic rings. The molecule has 0 aliphatic heterocycles. The van der Waals surface area contributed by atoms with Crippen molar-refractivity contribution in [1.29, 1.82) is 0 Å². The van der Waals surface area contributed by atoms with Gasteiger partial charge in [0.25, 0.3) is 0 Å². The van der Waals surface area contributed by atoms with Crippen molar-refractivity contribution >= 4 is 40.9 Å². The van der Waals surface area contributed by atoms with Gasteiger partial charge in [0.2, 0.25) is 5.91 Å². The summed E-state index contributed by atoms with van der Waals surface area (Å²) in [5, 5.41) is 13.1. The number of halogens is 2. The van der Waals surface area contributed by atoms with Crippen LogP contribution in [-0.2, 0) is 11.3 Å². The Morgan fingerprint density at radius 1 is 1.42 bits per heavy atom. The SMILES string of the molecule is C=CCn1c(SCC(=O)N[C@H](C)CCC)nnc1-c1ccc(Cl)cc1Cl. The average molecular weight is 413 g/mol. The van der Waals surface area contributed by atoms with Gasteiger partial charge in [0.1, 0.15) is 0 Å². The van der Waals surface area contributed by atoms with Crippen LogP contribution in [-0.4, -0.2) is 32.5 Å². The van der Waals surface area contributed by atoms with E-state index in [0.717, 1.165) is 18.4 Å². The van der Waals surface area contributed by atoms with E-state index < -0.39 is 0 Å². The van der Waals surface area contributed by atoms with E-state index in [2.05, 4.69) is 29.0 Å². The zero-order valence-electron chi connectivity index (χ0n) is 14.8. The zero-order valence-corrected chi connectivity index (χ0v) is 17.2. The summed E-state index contributed by atoms with van der Waals surface area (Å²) in [7, 11) is 0. The van der Waals surface area contributed by atoms with Crippen molar-refractivity contribution in [3.05, 3.63) is 40.9 Å². The number of hydrogen-bond acceptors (Lipinski definition) is 4. The second-order valence-corrected chi connectivity index (χ2v) is 7.66. The molecule has 1 aromatic carbocycles. The number of thioether (sulfide) groups is 1. The van der Waals surface area contributed by atoms with Crippen molar-refractivity contribution in [2.45, 2.75) is 44.4 Å². The summed E-state index contributed by atoms with van der Waals surface area (Å²) in [6.07, 6.45) is 3.75. The minimum atomic E-state index is -0.0184. The second-order valence-electron chi connectivity index (χ2n) is 5.88. The van der Waals surface area contributed by atoms with E-state index in [1.54, 1.807) is 18.2 Å². The molecule has 0 spiro atoms. The maximum Gasteiger partial charge on any atom is 0.230 e. The first kappa shape index (κ1) is 20.8. The Labute approximate surface area is 168 Å². The number of hydrogen-bond donors (Lipinski definition) is 1. The van der Waals surface area contributed by atoms with Gasteiger partial charge in [-0.25, -0.2) is 0 Å². The number of carbonyl (C=O) groups excluding carboxylic acids is 1. The summed E-state index contributed by atoms with van der Waals surface area (Å²) in [5.41, 5.74) is 0.735. The van der Waals surface area contributed by atoms with Crippen LogP contribution in [0.5, 0.6) is 0 Å². The molecule has 5 nitrogen and oxygen atoms in total. The van der Waals surface area contributed by atoms with Crippen molar-refractivity contribution in [2.24, 2.45) is 0 Å². The molecule has 0 fully saturated rings. The van der Waals surface area contributed by atoms with Gasteiger partial charge in [-0.2, -0.15) is 0 Å². The van der Waals surface area contributed by atoms with Crippen LogP contribution in [0.3, 0.4) is 0 Å². The molecular weight excluding hydrogens is 391 g/mol. The Balaban J connectivity index is 2.16. The highest BCUT2D eigenvalue weighted by Gasteiger charge is 2.17. The maximum atomic E-state index is 12.1. The highest BCUT2D eigenvalue weighted by atomic mass is 35.5. The summed E-state index contributed by atoms with van der Waals surface area (Å²) in [6, 6.07) is 5.40. The van der Waals surface area contributed by atoms with Crippen molar-refractivity contribution in [1.82, 2.24) is 20.1 Å². The minimum Gasteiger partial charge on any atom is -0.353 e. The van der Waals surface area contributed by atoms with E-state index in [0.29, 0.717) is 27.6 Å². The monoisotopic (exact) mass is 412 g/mol. The number of amides is 1. The van der Waals surface area contributed by atoms with Crippen LogP contribution in [0.1, 0.15) is 26.7 Å². The number of nitrogens with one attached hydrogen (secondary N) is 1. The summed E-state index contributed by atoms with van der Waals surface area (Å²) in [5.74, 6) is 0.876. The Hall–Kier alpha value is -1.50. The molecule has 26 heavy (non-hydrogen) atoms. The quantitative estimate of drug-likeness (QED) is 0.472. The number of nitrogens with zero attached hydrogens (tertiary/aromatic N) is 3. The lowest BCUT2D eigenvalue weighted by Gasteiger charge is -2.12. The molecule has 0 bridgehead atoms. The lowest BCUT2D eigenvalue weighted by Crippen LogP contribution is -2.33. The van der Waals surface area contributed by atoms with Crippen LogP contribution in [0, 0.1) is 0 Å². The highest BCUT2D eigenvalue weighted by molar-refractivity contribution is 7.99. The predicted octanol–water partition coefficient (Wildman–Crippen LogP) is 4.83. The Morgan fingerprint density at radius 2 is 2.19 bits per heavy atom. The fourth-order valence-corrected chi connectivity index (χ4v) is 3.76.